The number of aromatic nitrogens is 2. The summed E-state index contributed by atoms with van der Waals surface area (Å²) in [7, 11) is -3.73. The molecule has 4 rings (SSSR count). The van der Waals surface area contributed by atoms with Crippen LogP contribution in [0, 0.1) is 0 Å². The van der Waals surface area contributed by atoms with Gasteiger partial charge in [-0.15, -0.1) is 0 Å². The fourth-order valence-corrected chi connectivity index (χ4v) is 4.69. The number of hydrogen-bond donors (Lipinski definition) is 0. The molecule has 0 aliphatic carbocycles. The molecule has 0 unspecified atom stereocenters. The van der Waals surface area contributed by atoms with E-state index in [1.807, 2.05) is 66.9 Å². The molecule has 0 spiro atoms. The largest absolute Gasteiger partial charge is 0.263 e. The van der Waals surface area contributed by atoms with Gasteiger partial charge in [0.15, 0.2) is 0 Å². The molecule has 31 heavy (non-hydrogen) atoms. The zero-order valence-electron chi connectivity index (χ0n) is 17.0. The summed E-state index contributed by atoms with van der Waals surface area (Å²) in [5, 5.41) is 0. The molecule has 0 atom stereocenters. The first kappa shape index (κ1) is 20.9. The zero-order valence-corrected chi connectivity index (χ0v) is 17.8. The summed E-state index contributed by atoms with van der Waals surface area (Å²) in [5.41, 5.74) is 3.90. The van der Waals surface area contributed by atoms with Crippen molar-refractivity contribution in [3.63, 3.8) is 0 Å². The summed E-state index contributed by atoms with van der Waals surface area (Å²) in [5.74, 6) is 0. The topological polar surface area (TPSA) is 63.2 Å². The molecule has 6 heteroatoms. The van der Waals surface area contributed by atoms with Crippen molar-refractivity contribution >= 4 is 10.0 Å². The second-order valence-electron chi connectivity index (χ2n) is 7.27. The van der Waals surface area contributed by atoms with Crippen molar-refractivity contribution in [1.82, 2.24) is 14.3 Å². The van der Waals surface area contributed by atoms with Crippen molar-refractivity contribution in [3.8, 4) is 0 Å². The number of sulfonamides is 1. The van der Waals surface area contributed by atoms with Gasteiger partial charge in [-0.2, -0.15) is 4.31 Å². The normalized spacial score (nSPS) is 11.5. The number of pyridine rings is 2. The minimum absolute atomic E-state index is 0.173. The average molecular weight is 430 g/mol. The molecule has 0 radical (unpaired) electrons. The van der Waals surface area contributed by atoms with Gasteiger partial charge < -0.3 is 0 Å². The molecule has 0 N–H and O–H groups in total. The smallest absolute Gasteiger partial charge is 0.245 e. The third-order valence-corrected chi connectivity index (χ3v) is 6.72. The van der Waals surface area contributed by atoms with Crippen LogP contribution < -0.4 is 0 Å². The van der Waals surface area contributed by atoms with E-state index in [1.165, 1.54) is 16.1 Å². The molecule has 2 heterocycles. The summed E-state index contributed by atoms with van der Waals surface area (Å²) in [6, 6.07) is 26.8. The van der Waals surface area contributed by atoms with Gasteiger partial charge in [0, 0.05) is 25.1 Å². The maximum Gasteiger partial charge on any atom is 0.245 e. The predicted octanol–water partition coefficient (Wildman–Crippen LogP) is 4.46. The third-order valence-electron chi connectivity index (χ3n) is 4.95. The summed E-state index contributed by atoms with van der Waals surface area (Å²) < 4.78 is 28.1. The molecule has 0 aliphatic rings. The predicted molar refractivity (Wildman–Crippen MR) is 121 cm³/mol. The van der Waals surface area contributed by atoms with Crippen molar-refractivity contribution in [1.29, 1.82) is 0 Å². The van der Waals surface area contributed by atoms with Crippen LogP contribution in [0.2, 0.25) is 0 Å². The Balaban J connectivity index is 1.57. The number of nitrogens with zero attached hydrogens (tertiary/aromatic N) is 3. The highest BCUT2D eigenvalue weighted by Crippen LogP contribution is 2.20. The monoisotopic (exact) mass is 429 g/mol. The summed E-state index contributed by atoms with van der Waals surface area (Å²) in [6.07, 6.45) is 5.55. The van der Waals surface area contributed by atoms with E-state index in [0.717, 1.165) is 17.5 Å². The van der Waals surface area contributed by atoms with E-state index in [2.05, 4.69) is 22.1 Å². The van der Waals surface area contributed by atoms with Crippen molar-refractivity contribution < 1.29 is 8.42 Å². The van der Waals surface area contributed by atoms with Crippen LogP contribution in [0.5, 0.6) is 0 Å². The molecule has 0 aliphatic heterocycles. The first-order valence-corrected chi connectivity index (χ1v) is 11.5. The van der Waals surface area contributed by atoms with Crippen LogP contribution in [-0.4, -0.2) is 22.7 Å². The number of benzene rings is 2. The molecule has 0 saturated heterocycles. The van der Waals surface area contributed by atoms with Gasteiger partial charge in [-0.1, -0.05) is 66.7 Å². The lowest BCUT2D eigenvalue weighted by molar-refractivity contribution is 0.396. The highest BCUT2D eigenvalue weighted by molar-refractivity contribution is 7.89. The van der Waals surface area contributed by atoms with Crippen molar-refractivity contribution in [2.75, 3.05) is 0 Å². The minimum atomic E-state index is -3.73. The van der Waals surface area contributed by atoms with E-state index in [-0.39, 0.29) is 18.0 Å². The van der Waals surface area contributed by atoms with Gasteiger partial charge in [0.05, 0.1) is 12.2 Å². The fourth-order valence-electron chi connectivity index (χ4n) is 3.33. The molecule has 156 valence electrons. The van der Waals surface area contributed by atoms with E-state index in [0.29, 0.717) is 5.69 Å². The second kappa shape index (κ2) is 9.64. The molecule has 0 amide bonds. The lowest BCUT2D eigenvalue weighted by Crippen LogP contribution is -2.30. The van der Waals surface area contributed by atoms with Crippen LogP contribution >= 0.6 is 0 Å². The van der Waals surface area contributed by atoms with Crippen molar-refractivity contribution in [3.05, 3.63) is 126 Å². The van der Waals surface area contributed by atoms with Crippen LogP contribution in [0.15, 0.2) is 108 Å². The molecule has 2 aromatic heterocycles. The molecule has 2 aromatic carbocycles. The molecule has 0 fully saturated rings. The summed E-state index contributed by atoms with van der Waals surface area (Å²) in [6.45, 7) is 0.434. The third kappa shape index (κ3) is 5.42. The van der Waals surface area contributed by atoms with Crippen LogP contribution in [0.4, 0.5) is 0 Å². The van der Waals surface area contributed by atoms with Gasteiger partial charge in [-0.25, -0.2) is 8.42 Å². The van der Waals surface area contributed by atoms with E-state index in [1.54, 1.807) is 18.3 Å². The van der Waals surface area contributed by atoms with Gasteiger partial charge in [0.25, 0.3) is 0 Å². The first-order valence-electron chi connectivity index (χ1n) is 10.0. The van der Waals surface area contributed by atoms with E-state index in [9.17, 15) is 8.42 Å². The van der Waals surface area contributed by atoms with Crippen molar-refractivity contribution in [2.45, 2.75) is 24.4 Å². The Hall–Kier alpha value is -3.35. The highest BCUT2D eigenvalue weighted by Gasteiger charge is 2.25. The average Bonchev–Trinajstić information content (AvgIpc) is 2.82. The number of hydrogen-bond acceptors (Lipinski definition) is 4. The van der Waals surface area contributed by atoms with E-state index in [4.69, 9.17) is 0 Å². The quantitative estimate of drug-likeness (QED) is 0.415. The summed E-state index contributed by atoms with van der Waals surface area (Å²) >= 11 is 0. The van der Waals surface area contributed by atoms with E-state index >= 15 is 0 Å². The summed E-state index contributed by atoms with van der Waals surface area (Å²) in [4.78, 5) is 8.69. The van der Waals surface area contributed by atoms with Crippen LogP contribution in [-0.2, 0) is 29.5 Å². The Bertz CT molecular complexity index is 1200. The second-order valence-corrected chi connectivity index (χ2v) is 9.21. The molecule has 0 bridgehead atoms. The Morgan fingerprint density at radius 3 is 2.00 bits per heavy atom. The Kier molecular flexibility index (Phi) is 6.50. The fraction of sp³-hybridized carbons (Fsp3) is 0.120. The molecule has 0 saturated carbocycles. The Labute approximate surface area is 183 Å². The highest BCUT2D eigenvalue weighted by atomic mass is 32.2. The SMILES string of the molecule is O=S(=O)(c1cccnc1)N(Cc1ccccc1)Cc1ccc(Cc2ccccc2)cn1. The zero-order chi connectivity index (χ0) is 21.5. The van der Waals surface area contributed by atoms with Gasteiger partial charge in [0.1, 0.15) is 4.90 Å². The first-order chi connectivity index (χ1) is 15.1. The standard InChI is InChI=1S/C25H23N3O2S/c29-31(30,25-12-7-15-26-18-25)28(19-22-10-5-2-6-11-22)20-24-14-13-23(17-27-24)16-21-8-3-1-4-9-21/h1-15,17-18H,16,19-20H2. The van der Waals surface area contributed by atoms with Crippen LogP contribution in [0.1, 0.15) is 22.4 Å². The van der Waals surface area contributed by atoms with Gasteiger partial charge >= 0.3 is 0 Å². The Morgan fingerprint density at radius 1 is 0.677 bits per heavy atom. The maximum atomic E-state index is 13.3. The van der Waals surface area contributed by atoms with Crippen molar-refractivity contribution in [2.24, 2.45) is 0 Å². The van der Waals surface area contributed by atoms with Gasteiger partial charge in [0.2, 0.25) is 10.0 Å². The minimum Gasteiger partial charge on any atom is -0.263 e. The maximum absolute atomic E-state index is 13.3. The molecule has 4 aromatic rings. The van der Waals surface area contributed by atoms with Gasteiger partial charge in [-0.05, 0) is 41.3 Å². The molecule has 5 nitrogen and oxygen atoms in total. The van der Waals surface area contributed by atoms with Crippen LogP contribution in [0.25, 0.3) is 0 Å². The van der Waals surface area contributed by atoms with Gasteiger partial charge in [-0.3, -0.25) is 9.97 Å². The van der Waals surface area contributed by atoms with Crippen LogP contribution in [0.3, 0.4) is 0 Å². The number of rotatable bonds is 8. The van der Waals surface area contributed by atoms with E-state index < -0.39 is 10.0 Å². The molecular weight excluding hydrogens is 406 g/mol. The lowest BCUT2D eigenvalue weighted by Gasteiger charge is -2.22. The lowest BCUT2D eigenvalue weighted by atomic mass is 10.1. The molecular formula is C25H23N3O2S. The Morgan fingerprint density at radius 2 is 1.39 bits per heavy atom.